The molecule has 5 nitrogen and oxygen atoms in total. The van der Waals surface area contributed by atoms with Gasteiger partial charge in [0.1, 0.15) is 0 Å². The quantitative estimate of drug-likeness (QED) is 0.818. The van der Waals surface area contributed by atoms with Gasteiger partial charge in [-0.1, -0.05) is 32.2 Å². The molecule has 2 rings (SSSR count). The van der Waals surface area contributed by atoms with Gasteiger partial charge >= 0.3 is 0 Å². The number of hydrogen-bond acceptors (Lipinski definition) is 4. The number of terminal acetylenes is 1. The topological polar surface area (TPSA) is 46.0 Å². The van der Waals surface area contributed by atoms with Crippen molar-refractivity contribution in [2.45, 2.75) is 45.8 Å². The monoisotopic (exact) mass is 299 g/mol. The highest BCUT2D eigenvalue weighted by molar-refractivity contribution is 5.14. The number of aromatic nitrogens is 3. The first kappa shape index (κ1) is 16.2. The highest BCUT2D eigenvalue weighted by atomic mass is 15.4. The van der Waals surface area contributed by atoms with E-state index in [1.165, 1.54) is 0 Å². The Morgan fingerprint density at radius 1 is 1.59 bits per heavy atom. The molecule has 22 heavy (non-hydrogen) atoms. The fourth-order valence-electron chi connectivity index (χ4n) is 2.92. The van der Waals surface area contributed by atoms with E-state index in [9.17, 15) is 0 Å². The SMILES string of the molecule is C#CC1CC(NC=C)N(C(=C)Cn2nnc(C(C)C)c2C)C1. The van der Waals surface area contributed by atoms with Crippen molar-refractivity contribution in [1.29, 1.82) is 0 Å². The minimum Gasteiger partial charge on any atom is -0.372 e. The van der Waals surface area contributed by atoms with Crippen LogP contribution in [-0.2, 0) is 6.54 Å². The van der Waals surface area contributed by atoms with Crippen molar-refractivity contribution in [3.8, 4) is 12.3 Å². The van der Waals surface area contributed by atoms with Crippen LogP contribution in [0.4, 0.5) is 0 Å². The molecule has 0 spiro atoms. The molecule has 1 saturated heterocycles. The molecule has 0 amide bonds. The number of nitrogens with one attached hydrogen (secondary N) is 1. The van der Waals surface area contributed by atoms with Crippen LogP contribution in [0, 0.1) is 25.2 Å². The molecule has 1 N–H and O–H groups in total. The second-order valence-corrected chi connectivity index (χ2v) is 6.08. The molecule has 2 unspecified atom stereocenters. The molecule has 1 aromatic heterocycles. The third kappa shape index (κ3) is 3.16. The largest absolute Gasteiger partial charge is 0.372 e. The summed E-state index contributed by atoms with van der Waals surface area (Å²) in [6.07, 6.45) is 8.34. The molecule has 2 heterocycles. The van der Waals surface area contributed by atoms with Crippen molar-refractivity contribution < 1.29 is 0 Å². The zero-order valence-electron chi connectivity index (χ0n) is 13.7. The minimum atomic E-state index is 0.152. The molecule has 1 aliphatic heterocycles. The molecule has 1 fully saturated rings. The van der Waals surface area contributed by atoms with Crippen molar-refractivity contribution in [2.75, 3.05) is 6.54 Å². The second kappa shape index (κ2) is 6.69. The van der Waals surface area contributed by atoms with Crippen LogP contribution in [0.5, 0.6) is 0 Å². The number of nitrogens with zero attached hydrogens (tertiary/aromatic N) is 4. The van der Waals surface area contributed by atoms with Gasteiger partial charge in [0.2, 0.25) is 0 Å². The summed E-state index contributed by atoms with van der Waals surface area (Å²) >= 11 is 0. The van der Waals surface area contributed by atoms with Gasteiger partial charge in [-0.05, 0) is 19.0 Å². The number of likely N-dealkylation sites (tertiary alicyclic amines) is 1. The molecule has 0 radical (unpaired) electrons. The second-order valence-electron chi connectivity index (χ2n) is 6.08. The Kier molecular flexibility index (Phi) is 4.92. The van der Waals surface area contributed by atoms with E-state index in [2.05, 4.69) is 60.4 Å². The standard InChI is InChI=1S/C17H25N5/c1-7-15-9-16(18-8-2)21(11-15)13(5)10-22-14(6)17(12(3)4)19-20-22/h1,8,12,15-16,18H,2,5,9-11H2,3-4,6H3. The number of hydrogen-bond donors (Lipinski definition) is 1. The van der Waals surface area contributed by atoms with Gasteiger partial charge in [0, 0.05) is 24.6 Å². The Bertz CT molecular complexity index is 593. The lowest BCUT2D eigenvalue weighted by atomic mass is 10.1. The first-order valence-corrected chi connectivity index (χ1v) is 7.65. The Labute approximate surface area is 133 Å². The van der Waals surface area contributed by atoms with Gasteiger partial charge in [-0.15, -0.1) is 17.4 Å². The Morgan fingerprint density at radius 2 is 2.32 bits per heavy atom. The average molecular weight is 299 g/mol. The Morgan fingerprint density at radius 3 is 2.86 bits per heavy atom. The van der Waals surface area contributed by atoms with Crippen LogP contribution in [0.15, 0.2) is 25.1 Å². The van der Waals surface area contributed by atoms with E-state index in [0.29, 0.717) is 12.5 Å². The van der Waals surface area contributed by atoms with Gasteiger partial charge < -0.3 is 10.2 Å². The third-order valence-corrected chi connectivity index (χ3v) is 4.15. The Balaban J connectivity index is 2.11. The van der Waals surface area contributed by atoms with E-state index < -0.39 is 0 Å². The lowest BCUT2D eigenvalue weighted by Gasteiger charge is -2.28. The Hall–Kier alpha value is -2.22. The summed E-state index contributed by atoms with van der Waals surface area (Å²) in [5.41, 5.74) is 3.12. The van der Waals surface area contributed by atoms with Gasteiger partial charge in [0.05, 0.1) is 24.1 Å². The van der Waals surface area contributed by atoms with E-state index in [1.54, 1.807) is 6.20 Å². The predicted molar refractivity (Wildman–Crippen MR) is 88.8 cm³/mol. The highest BCUT2D eigenvalue weighted by Crippen LogP contribution is 2.26. The summed E-state index contributed by atoms with van der Waals surface area (Å²) in [5, 5.41) is 11.8. The molecule has 5 heteroatoms. The average Bonchev–Trinajstić information content (AvgIpc) is 3.04. The zero-order chi connectivity index (χ0) is 16.3. The van der Waals surface area contributed by atoms with Crippen LogP contribution in [0.3, 0.4) is 0 Å². The van der Waals surface area contributed by atoms with Crippen molar-refractivity contribution >= 4 is 0 Å². The smallest absolute Gasteiger partial charge is 0.0996 e. The number of allylic oxidation sites excluding steroid dienone is 1. The third-order valence-electron chi connectivity index (χ3n) is 4.15. The van der Waals surface area contributed by atoms with E-state index in [0.717, 1.165) is 30.1 Å². The van der Waals surface area contributed by atoms with Crippen molar-refractivity contribution in [2.24, 2.45) is 5.92 Å². The van der Waals surface area contributed by atoms with Crippen molar-refractivity contribution in [3.05, 3.63) is 36.4 Å². The molecule has 0 bridgehead atoms. The van der Waals surface area contributed by atoms with Crippen LogP contribution in [0.1, 0.15) is 37.6 Å². The molecule has 0 aliphatic carbocycles. The first-order chi connectivity index (χ1) is 10.5. The lowest BCUT2D eigenvalue weighted by Crippen LogP contribution is -2.38. The van der Waals surface area contributed by atoms with Crippen molar-refractivity contribution in [3.63, 3.8) is 0 Å². The molecule has 118 valence electrons. The van der Waals surface area contributed by atoms with Crippen molar-refractivity contribution in [1.82, 2.24) is 25.2 Å². The normalized spacial score (nSPS) is 21.0. The molecule has 2 atom stereocenters. The fraction of sp³-hybridized carbons (Fsp3) is 0.529. The maximum atomic E-state index is 5.58. The van der Waals surface area contributed by atoms with Crippen LogP contribution in [0.2, 0.25) is 0 Å². The predicted octanol–water partition coefficient (Wildman–Crippen LogP) is 2.24. The molecule has 0 aromatic carbocycles. The summed E-state index contributed by atoms with van der Waals surface area (Å²) in [4.78, 5) is 2.21. The minimum absolute atomic E-state index is 0.152. The first-order valence-electron chi connectivity index (χ1n) is 7.65. The van der Waals surface area contributed by atoms with E-state index in [-0.39, 0.29) is 12.1 Å². The fourth-order valence-corrected chi connectivity index (χ4v) is 2.92. The molecule has 1 aromatic rings. The summed E-state index contributed by atoms with van der Waals surface area (Å²) in [5.74, 6) is 3.44. The highest BCUT2D eigenvalue weighted by Gasteiger charge is 2.31. The maximum absolute atomic E-state index is 5.58. The molecule has 1 aliphatic rings. The molecule has 0 saturated carbocycles. The van der Waals surface area contributed by atoms with Crippen LogP contribution in [-0.4, -0.2) is 32.6 Å². The van der Waals surface area contributed by atoms with Crippen LogP contribution >= 0.6 is 0 Å². The zero-order valence-corrected chi connectivity index (χ0v) is 13.7. The van der Waals surface area contributed by atoms with Gasteiger partial charge in [0.15, 0.2) is 0 Å². The summed E-state index contributed by atoms with van der Waals surface area (Å²) < 4.78 is 1.91. The lowest BCUT2D eigenvalue weighted by molar-refractivity contribution is 0.278. The van der Waals surface area contributed by atoms with E-state index in [1.807, 2.05) is 4.68 Å². The molecular weight excluding hydrogens is 274 g/mol. The van der Waals surface area contributed by atoms with Gasteiger partial charge in [-0.3, -0.25) is 0 Å². The van der Waals surface area contributed by atoms with Gasteiger partial charge in [-0.25, -0.2) is 4.68 Å². The van der Waals surface area contributed by atoms with Crippen LogP contribution < -0.4 is 5.32 Å². The van der Waals surface area contributed by atoms with Crippen LogP contribution in [0.25, 0.3) is 0 Å². The van der Waals surface area contributed by atoms with E-state index >= 15 is 0 Å². The maximum Gasteiger partial charge on any atom is 0.0996 e. The summed E-state index contributed by atoms with van der Waals surface area (Å²) in [6.45, 7) is 15.7. The molecular formula is C17H25N5. The van der Waals surface area contributed by atoms with Gasteiger partial charge in [-0.2, -0.15) is 0 Å². The summed E-state index contributed by atoms with van der Waals surface area (Å²) in [7, 11) is 0. The number of rotatable bonds is 6. The summed E-state index contributed by atoms with van der Waals surface area (Å²) in [6, 6.07) is 0. The van der Waals surface area contributed by atoms with Gasteiger partial charge in [0.25, 0.3) is 0 Å². The van der Waals surface area contributed by atoms with E-state index in [4.69, 9.17) is 6.42 Å².